The number of alkyl halides is 3. The third-order valence-corrected chi connectivity index (χ3v) is 4.02. The fraction of sp³-hybridized carbons (Fsp3) is 0.368. The van der Waals surface area contributed by atoms with Crippen LogP contribution in [0, 0.1) is 0 Å². The second kappa shape index (κ2) is 8.91. The summed E-state index contributed by atoms with van der Waals surface area (Å²) in [6, 6.07) is 10.5. The molecule has 0 amide bonds. The Balaban J connectivity index is 2.42. The van der Waals surface area contributed by atoms with Crippen LogP contribution in [0.5, 0.6) is 0 Å². The first-order valence-electron chi connectivity index (χ1n) is 8.16. The van der Waals surface area contributed by atoms with E-state index in [0.717, 1.165) is 23.4 Å². The summed E-state index contributed by atoms with van der Waals surface area (Å²) in [5, 5.41) is 0. The highest BCUT2D eigenvalue weighted by molar-refractivity contribution is 5.81. The van der Waals surface area contributed by atoms with Gasteiger partial charge in [-0.1, -0.05) is 12.1 Å². The van der Waals surface area contributed by atoms with Crippen LogP contribution < -0.4 is 10.6 Å². The Labute approximate surface area is 151 Å². The van der Waals surface area contributed by atoms with Crippen molar-refractivity contribution >= 4 is 11.4 Å². The lowest BCUT2D eigenvalue weighted by molar-refractivity contribution is -0.137. The van der Waals surface area contributed by atoms with E-state index in [-0.39, 0.29) is 0 Å². The zero-order valence-corrected chi connectivity index (χ0v) is 14.8. The summed E-state index contributed by atoms with van der Waals surface area (Å²) in [5.41, 5.74) is 8.09. The van der Waals surface area contributed by atoms with E-state index >= 15 is 0 Å². The Hall–Kier alpha value is -2.25. The van der Waals surface area contributed by atoms with Gasteiger partial charge in [0.05, 0.1) is 18.8 Å². The first-order chi connectivity index (χ1) is 12.4. The topological polar surface area (TPSA) is 47.7 Å². The molecule has 0 unspecified atom stereocenters. The molecular formula is C19H23F3N2O2. The molecule has 4 nitrogen and oxygen atoms in total. The molecule has 26 heavy (non-hydrogen) atoms. The molecule has 0 aromatic heterocycles. The van der Waals surface area contributed by atoms with Crippen molar-refractivity contribution in [3.8, 4) is 11.1 Å². The highest BCUT2D eigenvalue weighted by Crippen LogP contribution is 2.35. The quantitative estimate of drug-likeness (QED) is 0.714. The van der Waals surface area contributed by atoms with Gasteiger partial charge in [-0.3, -0.25) is 0 Å². The predicted molar refractivity (Wildman–Crippen MR) is 97.3 cm³/mol. The minimum absolute atomic E-state index is 0.514. The van der Waals surface area contributed by atoms with Crippen LogP contribution in [0.4, 0.5) is 24.5 Å². The lowest BCUT2D eigenvalue weighted by atomic mass is 10.0. The van der Waals surface area contributed by atoms with Crippen molar-refractivity contribution in [2.45, 2.75) is 6.18 Å². The van der Waals surface area contributed by atoms with Crippen molar-refractivity contribution in [3.63, 3.8) is 0 Å². The molecule has 0 aliphatic rings. The van der Waals surface area contributed by atoms with Crippen molar-refractivity contribution < 1.29 is 22.6 Å². The number of methoxy groups -OCH3 is 2. The molecule has 0 atom stereocenters. The van der Waals surface area contributed by atoms with Gasteiger partial charge in [0.15, 0.2) is 0 Å². The smallest absolute Gasteiger partial charge is 0.399 e. The molecule has 142 valence electrons. The molecule has 0 saturated carbocycles. The zero-order chi connectivity index (χ0) is 19.2. The normalized spacial score (nSPS) is 11.6. The van der Waals surface area contributed by atoms with Crippen LogP contribution in [0.1, 0.15) is 5.56 Å². The van der Waals surface area contributed by atoms with Gasteiger partial charge in [0, 0.05) is 44.2 Å². The van der Waals surface area contributed by atoms with Crippen LogP contribution in [0.2, 0.25) is 0 Å². The summed E-state index contributed by atoms with van der Waals surface area (Å²) in [4.78, 5) is 2.07. The lowest BCUT2D eigenvalue weighted by Crippen LogP contribution is -2.31. The number of ether oxygens (including phenoxy) is 2. The maximum atomic E-state index is 12.8. The summed E-state index contributed by atoms with van der Waals surface area (Å²) in [5.74, 6) is 0. The molecule has 0 bridgehead atoms. The highest BCUT2D eigenvalue weighted by atomic mass is 19.4. The van der Waals surface area contributed by atoms with E-state index in [2.05, 4.69) is 4.90 Å². The number of nitrogen functional groups attached to an aromatic ring is 1. The maximum Gasteiger partial charge on any atom is 0.416 e. The fourth-order valence-electron chi connectivity index (χ4n) is 2.66. The second-order valence-corrected chi connectivity index (χ2v) is 5.82. The average Bonchev–Trinajstić information content (AvgIpc) is 2.61. The van der Waals surface area contributed by atoms with Gasteiger partial charge in [0.25, 0.3) is 0 Å². The molecule has 0 spiro atoms. The third kappa shape index (κ3) is 5.12. The Morgan fingerprint density at radius 1 is 0.923 bits per heavy atom. The van der Waals surface area contributed by atoms with E-state index in [1.165, 1.54) is 12.1 Å². The predicted octanol–water partition coefficient (Wildman–Crippen LogP) is 4.05. The van der Waals surface area contributed by atoms with Crippen LogP contribution in [-0.2, 0) is 15.7 Å². The van der Waals surface area contributed by atoms with E-state index in [4.69, 9.17) is 15.2 Å². The largest absolute Gasteiger partial charge is 0.416 e. The van der Waals surface area contributed by atoms with Gasteiger partial charge in [0.1, 0.15) is 0 Å². The molecule has 0 aliphatic carbocycles. The Morgan fingerprint density at radius 2 is 1.50 bits per heavy atom. The number of hydrogen-bond acceptors (Lipinski definition) is 4. The standard InChI is InChI=1S/C19H23F3N2O2/c1-25-11-9-24(10-12-26-2)18-8-7-16(23)13-17(18)14-3-5-15(6-4-14)19(20,21)22/h3-8,13H,9-12,23H2,1-2H3. The van der Waals surface area contributed by atoms with Gasteiger partial charge in [-0.05, 0) is 35.9 Å². The van der Waals surface area contributed by atoms with Crippen LogP contribution in [0.3, 0.4) is 0 Å². The van der Waals surface area contributed by atoms with Crippen LogP contribution in [0.25, 0.3) is 11.1 Å². The van der Waals surface area contributed by atoms with Gasteiger partial charge in [-0.15, -0.1) is 0 Å². The van der Waals surface area contributed by atoms with Gasteiger partial charge in [-0.2, -0.15) is 13.2 Å². The minimum atomic E-state index is -4.36. The molecule has 0 fully saturated rings. The van der Waals surface area contributed by atoms with Crippen LogP contribution in [-0.4, -0.2) is 40.5 Å². The second-order valence-electron chi connectivity index (χ2n) is 5.82. The van der Waals surface area contributed by atoms with Crippen molar-refractivity contribution in [2.75, 3.05) is 51.2 Å². The van der Waals surface area contributed by atoms with E-state index in [1.54, 1.807) is 26.4 Å². The lowest BCUT2D eigenvalue weighted by Gasteiger charge is -2.27. The molecule has 0 aliphatic heterocycles. The molecule has 7 heteroatoms. The van der Waals surface area contributed by atoms with E-state index in [9.17, 15) is 13.2 Å². The highest BCUT2D eigenvalue weighted by Gasteiger charge is 2.30. The SMILES string of the molecule is COCCN(CCOC)c1ccc(N)cc1-c1ccc(C(F)(F)F)cc1. The average molecular weight is 368 g/mol. The van der Waals surface area contributed by atoms with Gasteiger partial charge >= 0.3 is 6.18 Å². The molecule has 2 aromatic carbocycles. The number of nitrogens with two attached hydrogens (primary N) is 1. The Kier molecular flexibility index (Phi) is 6.88. The molecule has 0 saturated heterocycles. The van der Waals surface area contributed by atoms with Gasteiger partial charge in [-0.25, -0.2) is 0 Å². The zero-order valence-electron chi connectivity index (χ0n) is 14.8. The molecule has 2 rings (SSSR count). The van der Waals surface area contributed by atoms with E-state index < -0.39 is 11.7 Å². The number of benzene rings is 2. The van der Waals surface area contributed by atoms with Gasteiger partial charge in [0.2, 0.25) is 0 Å². The van der Waals surface area contributed by atoms with Gasteiger partial charge < -0.3 is 20.1 Å². The first kappa shape index (κ1) is 20.1. The van der Waals surface area contributed by atoms with Crippen LogP contribution >= 0.6 is 0 Å². The van der Waals surface area contributed by atoms with Crippen molar-refractivity contribution in [1.82, 2.24) is 0 Å². The minimum Gasteiger partial charge on any atom is -0.399 e. The fourth-order valence-corrected chi connectivity index (χ4v) is 2.66. The van der Waals surface area contributed by atoms with Crippen molar-refractivity contribution in [1.29, 1.82) is 0 Å². The van der Waals surface area contributed by atoms with Crippen molar-refractivity contribution in [3.05, 3.63) is 48.0 Å². The number of nitrogens with zero attached hydrogens (tertiary/aromatic N) is 1. The first-order valence-corrected chi connectivity index (χ1v) is 8.16. The number of anilines is 2. The Bertz CT molecular complexity index is 695. The summed E-state index contributed by atoms with van der Waals surface area (Å²) in [6.07, 6.45) is -4.36. The summed E-state index contributed by atoms with van der Waals surface area (Å²) >= 11 is 0. The Morgan fingerprint density at radius 3 is 2.00 bits per heavy atom. The van der Waals surface area contributed by atoms with Crippen molar-refractivity contribution in [2.24, 2.45) is 0 Å². The van der Waals surface area contributed by atoms with Crippen LogP contribution in [0.15, 0.2) is 42.5 Å². The maximum absolute atomic E-state index is 12.8. The summed E-state index contributed by atoms with van der Waals surface area (Å²) in [6.45, 7) is 2.27. The number of halogens is 3. The summed E-state index contributed by atoms with van der Waals surface area (Å²) in [7, 11) is 3.24. The molecule has 0 heterocycles. The molecule has 2 N–H and O–H groups in total. The summed E-state index contributed by atoms with van der Waals surface area (Å²) < 4.78 is 48.8. The number of hydrogen-bond donors (Lipinski definition) is 1. The molecular weight excluding hydrogens is 345 g/mol. The monoisotopic (exact) mass is 368 g/mol. The molecule has 0 radical (unpaired) electrons. The van der Waals surface area contributed by atoms with E-state index in [0.29, 0.717) is 37.6 Å². The van der Waals surface area contributed by atoms with E-state index in [1.807, 2.05) is 6.07 Å². The molecule has 2 aromatic rings. The third-order valence-electron chi connectivity index (χ3n) is 4.02. The number of rotatable bonds is 8.